The summed E-state index contributed by atoms with van der Waals surface area (Å²) in [5.74, 6) is 0.714. The second kappa shape index (κ2) is 11.0. The summed E-state index contributed by atoms with van der Waals surface area (Å²) in [5, 5.41) is 4.23. The highest BCUT2D eigenvalue weighted by Crippen LogP contribution is 2.36. The molecule has 0 saturated heterocycles. The Labute approximate surface area is 187 Å². The molecule has 0 atom stereocenters. The van der Waals surface area contributed by atoms with Gasteiger partial charge in [-0.25, -0.2) is 9.59 Å². The fraction of sp³-hybridized carbons (Fsp3) is 0.231. The number of carbonyl (C=O) groups is 2. The maximum atomic E-state index is 12.3. The number of fused-ring (bicyclic) bond motifs is 1. The van der Waals surface area contributed by atoms with E-state index >= 15 is 0 Å². The number of amides is 1. The minimum atomic E-state index is -0.623. The van der Waals surface area contributed by atoms with E-state index in [4.69, 9.17) is 14.2 Å². The Morgan fingerprint density at radius 2 is 1.66 bits per heavy atom. The van der Waals surface area contributed by atoms with E-state index in [-0.39, 0.29) is 13.2 Å². The van der Waals surface area contributed by atoms with Crippen LogP contribution in [0.15, 0.2) is 72.8 Å². The largest absolute Gasteiger partial charge is 0.493 e. The highest BCUT2D eigenvalue weighted by molar-refractivity contribution is 5.96. The van der Waals surface area contributed by atoms with Crippen molar-refractivity contribution in [1.82, 2.24) is 5.32 Å². The van der Waals surface area contributed by atoms with E-state index in [0.717, 1.165) is 28.5 Å². The molecule has 1 amide bonds. The summed E-state index contributed by atoms with van der Waals surface area (Å²) in [6.07, 6.45) is 0.174. The molecule has 0 radical (unpaired) electrons. The first-order valence-electron chi connectivity index (χ1n) is 10.4. The Balaban J connectivity index is 1.65. The zero-order valence-corrected chi connectivity index (χ0v) is 18.4. The number of carbonyl (C=O) groups excluding carboxylic acids is 2. The third-order valence-corrected chi connectivity index (χ3v) is 4.78. The summed E-state index contributed by atoms with van der Waals surface area (Å²) >= 11 is 0. The Hall–Kier alpha value is -3.80. The molecule has 32 heavy (non-hydrogen) atoms. The van der Waals surface area contributed by atoms with E-state index in [1.165, 1.54) is 5.56 Å². The molecule has 0 bridgehead atoms. The topological polar surface area (TPSA) is 73.9 Å². The predicted molar refractivity (Wildman–Crippen MR) is 124 cm³/mol. The van der Waals surface area contributed by atoms with Gasteiger partial charge in [0.25, 0.3) is 0 Å². The van der Waals surface area contributed by atoms with Gasteiger partial charge in [-0.05, 0) is 31.0 Å². The number of rotatable bonds is 9. The number of esters is 1. The van der Waals surface area contributed by atoms with E-state index in [1.54, 1.807) is 6.92 Å². The third-order valence-electron chi connectivity index (χ3n) is 4.78. The van der Waals surface area contributed by atoms with Crippen LogP contribution in [-0.2, 0) is 16.0 Å². The first kappa shape index (κ1) is 22.9. The van der Waals surface area contributed by atoms with Gasteiger partial charge >= 0.3 is 12.1 Å². The summed E-state index contributed by atoms with van der Waals surface area (Å²) in [5.41, 5.74) is 2.29. The minimum Gasteiger partial charge on any atom is -0.493 e. The molecule has 3 rings (SSSR count). The van der Waals surface area contributed by atoms with Crippen molar-refractivity contribution < 1.29 is 23.8 Å². The number of aryl methyl sites for hydroxylation is 1. The van der Waals surface area contributed by atoms with Gasteiger partial charge in [-0.1, -0.05) is 61.2 Å². The molecular weight excluding hydrogens is 406 g/mol. The third kappa shape index (κ3) is 6.11. The van der Waals surface area contributed by atoms with Crippen molar-refractivity contribution >= 4 is 22.8 Å². The van der Waals surface area contributed by atoms with Crippen molar-refractivity contribution in [3.63, 3.8) is 0 Å². The van der Waals surface area contributed by atoms with Crippen molar-refractivity contribution in [1.29, 1.82) is 0 Å². The van der Waals surface area contributed by atoms with Crippen LogP contribution in [0.4, 0.5) is 4.79 Å². The smallest absolute Gasteiger partial charge is 0.412 e. The molecular formula is C26H27NO5. The van der Waals surface area contributed by atoms with Crippen LogP contribution >= 0.6 is 0 Å². The van der Waals surface area contributed by atoms with E-state index in [0.29, 0.717) is 17.9 Å². The van der Waals surface area contributed by atoms with Crippen LogP contribution in [0, 0.1) is 6.92 Å². The average molecular weight is 434 g/mol. The van der Waals surface area contributed by atoms with Gasteiger partial charge in [0.15, 0.2) is 0 Å². The highest BCUT2D eigenvalue weighted by atomic mass is 16.6. The van der Waals surface area contributed by atoms with E-state index in [1.807, 2.05) is 55.5 Å². The molecule has 0 aliphatic carbocycles. The highest BCUT2D eigenvalue weighted by Gasteiger charge is 2.15. The lowest BCUT2D eigenvalue weighted by molar-refractivity contribution is -0.138. The van der Waals surface area contributed by atoms with Gasteiger partial charge in [-0.2, -0.15) is 0 Å². The molecule has 0 unspecified atom stereocenters. The van der Waals surface area contributed by atoms with Gasteiger partial charge in [0.05, 0.1) is 13.2 Å². The number of hydrogen-bond acceptors (Lipinski definition) is 5. The predicted octanol–water partition coefficient (Wildman–Crippen LogP) is 4.98. The molecule has 0 aliphatic rings. The second-order valence-corrected chi connectivity index (χ2v) is 7.38. The Bertz CT molecular complexity index is 1110. The molecule has 0 heterocycles. The lowest BCUT2D eigenvalue weighted by Crippen LogP contribution is -2.31. The van der Waals surface area contributed by atoms with Gasteiger partial charge in [0, 0.05) is 22.8 Å². The van der Waals surface area contributed by atoms with E-state index < -0.39 is 12.1 Å². The summed E-state index contributed by atoms with van der Waals surface area (Å²) in [6, 6.07) is 19.7. The van der Waals surface area contributed by atoms with Crippen molar-refractivity contribution in [2.75, 3.05) is 19.8 Å². The van der Waals surface area contributed by atoms with Crippen molar-refractivity contribution in [2.24, 2.45) is 0 Å². The SMILES string of the molecule is C=C(C)C(=O)OCCNC(=O)Oc1c(C)cc(OCCc2ccccc2)c2ccccc12. The van der Waals surface area contributed by atoms with Crippen molar-refractivity contribution in [3.05, 3.63) is 83.9 Å². The maximum Gasteiger partial charge on any atom is 0.412 e. The monoisotopic (exact) mass is 433 g/mol. The van der Waals surface area contributed by atoms with E-state index in [9.17, 15) is 9.59 Å². The summed E-state index contributed by atoms with van der Waals surface area (Å²) in [6.45, 7) is 7.65. The lowest BCUT2D eigenvalue weighted by atomic mass is 10.0. The summed E-state index contributed by atoms with van der Waals surface area (Å²) < 4.78 is 16.6. The molecule has 0 aromatic heterocycles. The number of nitrogens with one attached hydrogen (secondary N) is 1. The quantitative estimate of drug-likeness (QED) is 0.293. The van der Waals surface area contributed by atoms with Gasteiger partial charge < -0.3 is 19.5 Å². The van der Waals surface area contributed by atoms with Crippen molar-refractivity contribution in [3.8, 4) is 11.5 Å². The Morgan fingerprint density at radius 3 is 2.38 bits per heavy atom. The number of ether oxygens (including phenoxy) is 3. The number of benzene rings is 3. The van der Waals surface area contributed by atoms with Crippen LogP contribution in [0.2, 0.25) is 0 Å². The molecule has 1 N–H and O–H groups in total. The van der Waals surface area contributed by atoms with Gasteiger partial charge in [0.2, 0.25) is 0 Å². The van der Waals surface area contributed by atoms with Crippen LogP contribution in [0.1, 0.15) is 18.1 Å². The molecule has 6 heteroatoms. The fourth-order valence-corrected chi connectivity index (χ4v) is 3.18. The van der Waals surface area contributed by atoms with Gasteiger partial charge in [-0.3, -0.25) is 0 Å². The molecule has 0 saturated carbocycles. The van der Waals surface area contributed by atoms with Gasteiger partial charge in [-0.15, -0.1) is 0 Å². The molecule has 0 fully saturated rings. The number of hydrogen-bond donors (Lipinski definition) is 1. The average Bonchev–Trinajstić information content (AvgIpc) is 2.79. The first-order chi connectivity index (χ1) is 15.5. The molecule has 3 aromatic rings. The van der Waals surface area contributed by atoms with Crippen LogP contribution in [0.25, 0.3) is 10.8 Å². The fourth-order valence-electron chi connectivity index (χ4n) is 3.18. The zero-order valence-electron chi connectivity index (χ0n) is 18.4. The van der Waals surface area contributed by atoms with Crippen LogP contribution in [-0.4, -0.2) is 31.8 Å². The van der Waals surface area contributed by atoms with Gasteiger partial charge in [0.1, 0.15) is 18.1 Å². The zero-order chi connectivity index (χ0) is 22.9. The maximum absolute atomic E-state index is 12.3. The summed E-state index contributed by atoms with van der Waals surface area (Å²) in [7, 11) is 0. The van der Waals surface area contributed by atoms with Crippen LogP contribution < -0.4 is 14.8 Å². The molecule has 0 spiro atoms. The molecule has 3 aromatic carbocycles. The standard InChI is InChI=1S/C26H27NO5/c1-18(2)25(28)31-16-14-27-26(29)32-24-19(3)17-23(21-11-7-8-12-22(21)24)30-15-13-20-9-5-4-6-10-20/h4-12,17H,1,13-16H2,2-3H3,(H,27,29). The van der Waals surface area contributed by atoms with Crippen molar-refractivity contribution in [2.45, 2.75) is 20.3 Å². The second-order valence-electron chi connectivity index (χ2n) is 7.38. The molecule has 0 aliphatic heterocycles. The van der Waals surface area contributed by atoms with Crippen LogP contribution in [0.5, 0.6) is 11.5 Å². The Morgan fingerprint density at radius 1 is 0.969 bits per heavy atom. The van der Waals surface area contributed by atoms with E-state index in [2.05, 4.69) is 24.0 Å². The minimum absolute atomic E-state index is 0.0364. The molecule has 6 nitrogen and oxygen atoms in total. The first-order valence-corrected chi connectivity index (χ1v) is 10.4. The summed E-state index contributed by atoms with van der Waals surface area (Å²) in [4.78, 5) is 23.7. The lowest BCUT2D eigenvalue weighted by Gasteiger charge is -2.16. The van der Waals surface area contributed by atoms with Crippen LogP contribution in [0.3, 0.4) is 0 Å². The normalized spacial score (nSPS) is 10.4. The molecule has 166 valence electrons. The Kier molecular flexibility index (Phi) is 7.86.